The van der Waals surface area contributed by atoms with Gasteiger partial charge in [-0.05, 0) is 49.7 Å². The van der Waals surface area contributed by atoms with Crippen LogP contribution in [0.4, 0.5) is 5.69 Å². The zero-order chi connectivity index (χ0) is 17.9. The Labute approximate surface area is 175 Å². The molecule has 1 unspecified atom stereocenters. The molecular formula is C21H24BrClN2O2. The molecule has 0 N–H and O–H groups in total. The Balaban J connectivity index is 0.00000210. The summed E-state index contributed by atoms with van der Waals surface area (Å²) in [7, 11) is 0. The van der Waals surface area contributed by atoms with Gasteiger partial charge in [0.25, 0.3) is 0 Å². The average molecular weight is 452 g/mol. The summed E-state index contributed by atoms with van der Waals surface area (Å²) in [5.74, 6) is -0.172. The molecule has 0 saturated carbocycles. The molecule has 27 heavy (non-hydrogen) atoms. The van der Waals surface area contributed by atoms with Gasteiger partial charge in [0, 0.05) is 41.9 Å². The van der Waals surface area contributed by atoms with Crippen LogP contribution in [-0.4, -0.2) is 43.6 Å². The quantitative estimate of drug-likeness (QED) is 0.618. The molecule has 4 rings (SSSR count). The summed E-state index contributed by atoms with van der Waals surface area (Å²) in [5, 5.41) is 0. The molecule has 2 aromatic carbocycles. The van der Waals surface area contributed by atoms with E-state index in [0.29, 0.717) is 0 Å². The van der Waals surface area contributed by atoms with Crippen LogP contribution in [0.25, 0.3) is 0 Å². The molecule has 6 heteroatoms. The predicted octanol–water partition coefficient (Wildman–Crippen LogP) is 4.68. The van der Waals surface area contributed by atoms with Gasteiger partial charge in [-0.15, -0.1) is 12.4 Å². The summed E-state index contributed by atoms with van der Waals surface area (Å²) >= 11 is 3.49. The van der Waals surface area contributed by atoms with Crippen molar-refractivity contribution in [3.05, 3.63) is 64.1 Å². The van der Waals surface area contributed by atoms with Crippen molar-refractivity contribution in [3.63, 3.8) is 0 Å². The number of ether oxygens (including phenoxy) is 1. The molecule has 0 aromatic heterocycles. The first kappa shape index (κ1) is 20.2. The van der Waals surface area contributed by atoms with Gasteiger partial charge >= 0.3 is 5.97 Å². The fraction of sp³-hybridized carbons (Fsp3) is 0.381. The number of piperazine rings is 1. The molecule has 2 aliphatic rings. The van der Waals surface area contributed by atoms with Crippen LogP contribution < -0.4 is 4.90 Å². The second-order valence-electron chi connectivity index (χ2n) is 6.93. The number of benzene rings is 2. The smallest absolute Gasteiger partial charge is 0.339 e. The Hall–Kier alpha value is -1.56. The van der Waals surface area contributed by atoms with E-state index in [9.17, 15) is 4.79 Å². The van der Waals surface area contributed by atoms with Gasteiger partial charge in [0.2, 0.25) is 0 Å². The number of fused-ring (bicyclic) bond motifs is 1. The molecule has 144 valence electrons. The summed E-state index contributed by atoms with van der Waals surface area (Å²) in [5.41, 5.74) is 3.08. The minimum absolute atomic E-state index is 0. The van der Waals surface area contributed by atoms with Gasteiger partial charge in [0.05, 0.1) is 5.56 Å². The highest BCUT2D eigenvalue weighted by atomic mass is 79.9. The molecular weight excluding hydrogens is 428 g/mol. The summed E-state index contributed by atoms with van der Waals surface area (Å²) in [6.07, 6.45) is 1.88. The molecule has 1 saturated heterocycles. The van der Waals surface area contributed by atoms with Gasteiger partial charge in [-0.1, -0.05) is 34.1 Å². The predicted molar refractivity (Wildman–Crippen MR) is 114 cm³/mol. The third kappa shape index (κ3) is 4.65. The Kier molecular flexibility index (Phi) is 6.79. The lowest BCUT2D eigenvalue weighted by atomic mass is 10.0. The van der Waals surface area contributed by atoms with Gasteiger partial charge in [-0.25, -0.2) is 4.79 Å². The van der Waals surface area contributed by atoms with Crippen molar-refractivity contribution in [2.24, 2.45) is 0 Å². The molecule has 0 radical (unpaired) electrons. The van der Waals surface area contributed by atoms with E-state index in [-0.39, 0.29) is 24.5 Å². The molecule has 0 amide bonds. The Bertz CT molecular complexity index is 776. The van der Waals surface area contributed by atoms with Gasteiger partial charge in [-0.2, -0.15) is 0 Å². The second kappa shape index (κ2) is 9.09. The van der Waals surface area contributed by atoms with Crippen LogP contribution in [0.1, 0.15) is 34.9 Å². The van der Waals surface area contributed by atoms with Crippen molar-refractivity contribution >= 4 is 40.0 Å². The highest BCUT2D eigenvalue weighted by Crippen LogP contribution is 2.33. The lowest BCUT2D eigenvalue weighted by Gasteiger charge is -2.36. The van der Waals surface area contributed by atoms with Crippen LogP contribution in [0.3, 0.4) is 0 Å². The number of nitrogens with zero attached hydrogens (tertiary/aromatic N) is 2. The van der Waals surface area contributed by atoms with Gasteiger partial charge in [0.15, 0.2) is 0 Å². The molecule has 2 aromatic rings. The molecule has 1 fully saturated rings. The van der Waals surface area contributed by atoms with E-state index in [0.717, 1.165) is 61.2 Å². The van der Waals surface area contributed by atoms with Crippen molar-refractivity contribution in [3.8, 4) is 0 Å². The van der Waals surface area contributed by atoms with E-state index >= 15 is 0 Å². The minimum atomic E-state index is -0.172. The number of esters is 1. The Morgan fingerprint density at radius 3 is 2.44 bits per heavy atom. The number of hydrogen-bond acceptors (Lipinski definition) is 4. The van der Waals surface area contributed by atoms with Crippen molar-refractivity contribution in [2.45, 2.75) is 18.9 Å². The van der Waals surface area contributed by atoms with Gasteiger partial charge in [0.1, 0.15) is 6.10 Å². The van der Waals surface area contributed by atoms with Crippen LogP contribution in [0.5, 0.6) is 0 Å². The number of hydrogen-bond donors (Lipinski definition) is 0. The number of carbonyl (C=O) groups excluding carboxylic acids is 1. The summed E-state index contributed by atoms with van der Waals surface area (Å²) in [4.78, 5) is 16.8. The van der Waals surface area contributed by atoms with Crippen LogP contribution in [-0.2, 0) is 4.74 Å². The van der Waals surface area contributed by atoms with E-state index in [1.807, 2.05) is 24.3 Å². The highest BCUT2D eigenvalue weighted by molar-refractivity contribution is 9.10. The number of rotatable bonds is 5. The molecule has 1 atom stereocenters. The first-order valence-corrected chi connectivity index (χ1v) is 10.0. The third-order valence-corrected chi connectivity index (χ3v) is 5.81. The zero-order valence-corrected chi connectivity index (χ0v) is 17.5. The maximum atomic E-state index is 11.9. The number of anilines is 1. The standard InChI is InChI=1S/C21H23BrN2O2.ClH/c22-16-7-9-17(10-8-16)24-14-12-23(13-15-24)11-3-6-20-18-4-1-2-5-19(18)21(25)26-20;/h1-2,4-5,7-10,20H,3,6,11-15H2;1H. The topological polar surface area (TPSA) is 32.8 Å². The normalized spacial score (nSPS) is 19.4. The number of carbonyl (C=O) groups is 1. The summed E-state index contributed by atoms with van der Waals surface area (Å²) in [6.45, 7) is 5.34. The van der Waals surface area contributed by atoms with E-state index in [4.69, 9.17) is 4.74 Å². The second-order valence-corrected chi connectivity index (χ2v) is 7.84. The Morgan fingerprint density at radius 2 is 1.70 bits per heavy atom. The maximum Gasteiger partial charge on any atom is 0.339 e. The molecule has 0 aliphatic carbocycles. The van der Waals surface area contributed by atoms with E-state index in [1.165, 1.54) is 5.69 Å². The van der Waals surface area contributed by atoms with Crippen molar-refractivity contribution in [2.75, 3.05) is 37.6 Å². The number of cyclic esters (lactones) is 1. The largest absolute Gasteiger partial charge is 0.454 e. The average Bonchev–Trinajstić information content (AvgIpc) is 2.99. The van der Waals surface area contributed by atoms with Crippen LogP contribution in [0.15, 0.2) is 53.0 Å². The number of halogens is 2. The van der Waals surface area contributed by atoms with Gasteiger partial charge in [-0.3, -0.25) is 4.90 Å². The van der Waals surface area contributed by atoms with E-state index in [2.05, 4.69) is 50.0 Å². The van der Waals surface area contributed by atoms with E-state index in [1.54, 1.807) is 0 Å². The third-order valence-electron chi connectivity index (χ3n) is 5.28. The minimum Gasteiger partial charge on any atom is -0.454 e. The first-order chi connectivity index (χ1) is 12.7. The van der Waals surface area contributed by atoms with Gasteiger partial charge < -0.3 is 9.64 Å². The fourth-order valence-electron chi connectivity index (χ4n) is 3.82. The zero-order valence-electron chi connectivity index (χ0n) is 15.1. The van der Waals surface area contributed by atoms with E-state index < -0.39 is 0 Å². The first-order valence-electron chi connectivity index (χ1n) is 9.23. The maximum absolute atomic E-state index is 11.9. The monoisotopic (exact) mass is 450 g/mol. The lowest BCUT2D eigenvalue weighted by molar-refractivity contribution is 0.0358. The Morgan fingerprint density at radius 1 is 1.00 bits per heavy atom. The SMILES string of the molecule is Cl.O=C1OC(CCCN2CCN(c3ccc(Br)cc3)CC2)c2ccccc21. The molecule has 4 nitrogen and oxygen atoms in total. The van der Waals surface area contributed by atoms with Crippen molar-refractivity contribution in [1.29, 1.82) is 0 Å². The molecule has 0 bridgehead atoms. The van der Waals surface area contributed by atoms with Crippen molar-refractivity contribution < 1.29 is 9.53 Å². The molecule has 2 heterocycles. The molecule has 2 aliphatic heterocycles. The van der Waals surface area contributed by atoms with Crippen LogP contribution in [0.2, 0.25) is 0 Å². The van der Waals surface area contributed by atoms with Crippen molar-refractivity contribution in [1.82, 2.24) is 4.90 Å². The van der Waals surface area contributed by atoms with Crippen LogP contribution in [0, 0.1) is 0 Å². The molecule has 0 spiro atoms. The lowest BCUT2D eigenvalue weighted by Crippen LogP contribution is -2.46. The summed E-state index contributed by atoms with van der Waals surface area (Å²) in [6, 6.07) is 16.3. The fourth-order valence-corrected chi connectivity index (χ4v) is 4.08. The van der Waals surface area contributed by atoms with Crippen LogP contribution >= 0.6 is 28.3 Å². The summed E-state index contributed by atoms with van der Waals surface area (Å²) < 4.78 is 6.66. The highest BCUT2D eigenvalue weighted by Gasteiger charge is 2.30.